The van der Waals surface area contributed by atoms with Gasteiger partial charge in [-0.2, -0.15) is 0 Å². The van der Waals surface area contributed by atoms with E-state index in [2.05, 4.69) is 16.1 Å². The van der Waals surface area contributed by atoms with Crippen LogP contribution in [-0.2, 0) is 12.8 Å². The Labute approximate surface area is 117 Å². The minimum atomic E-state index is -0.147. The van der Waals surface area contributed by atoms with Gasteiger partial charge in [-0.15, -0.1) is 0 Å². The predicted octanol–water partition coefficient (Wildman–Crippen LogP) is 2.58. The van der Waals surface area contributed by atoms with Crippen LogP contribution in [0.5, 0.6) is 0 Å². The Morgan fingerprint density at radius 1 is 1.20 bits per heavy atom. The Kier molecular flexibility index (Phi) is 2.84. The van der Waals surface area contributed by atoms with Gasteiger partial charge in [0.15, 0.2) is 0 Å². The molecule has 4 heteroatoms. The highest BCUT2D eigenvalue weighted by atomic mass is 19.1. The maximum Gasteiger partial charge on any atom is 0.123 e. The largest absolute Gasteiger partial charge is 0.317 e. The lowest BCUT2D eigenvalue weighted by Crippen LogP contribution is -2.26. The molecular weight excluding hydrogens is 253 g/mol. The normalized spacial score (nSPS) is 18.6. The van der Waals surface area contributed by atoms with Gasteiger partial charge in [-0.05, 0) is 56.1 Å². The van der Waals surface area contributed by atoms with Crippen LogP contribution < -0.4 is 5.32 Å². The number of halogens is 1. The molecule has 2 aliphatic heterocycles. The van der Waals surface area contributed by atoms with Crippen LogP contribution in [0.2, 0.25) is 0 Å². The summed E-state index contributed by atoms with van der Waals surface area (Å²) in [7, 11) is 0. The summed E-state index contributed by atoms with van der Waals surface area (Å²) in [6.07, 6.45) is 6.28. The lowest BCUT2D eigenvalue weighted by molar-refractivity contribution is 0.454. The maximum absolute atomic E-state index is 13.3. The summed E-state index contributed by atoms with van der Waals surface area (Å²) in [6.45, 7) is 2.16. The second-order valence-electron chi connectivity index (χ2n) is 5.75. The smallest absolute Gasteiger partial charge is 0.123 e. The summed E-state index contributed by atoms with van der Waals surface area (Å²) in [5.74, 6) is 1.54. The molecule has 104 valence electrons. The lowest BCUT2D eigenvalue weighted by atomic mass is 9.95. The number of aromatic nitrogens is 2. The molecule has 3 heterocycles. The van der Waals surface area contributed by atoms with Gasteiger partial charge in [0.1, 0.15) is 11.6 Å². The molecular formula is C16H18FN3. The summed E-state index contributed by atoms with van der Waals surface area (Å²) in [4.78, 5) is 4.84. The molecule has 0 aliphatic carbocycles. The van der Waals surface area contributed by atoms with Crippen molar-refractivity contribution in [3.8, 4) is 5.69 Å². The molecule has 3 nitrogen and oxygen atoms in total. The van der Waals surface area contributed by atoms with Crippen molar-refractivity contribution < 1.29 is 4.39 Å². The van der Waals surface area contributed by atoms with Gasteiger partial charge in [0.25, 0.3) is 0 Å². The van der Waals surface area contributed by atoms with E-state index in [1.165, 1.54) is 11.8 Å². The number of fused-ring (bicyclic) bond motifs is 3. The molecule has 1 N–H and O–H groups in total. The van der Waals surface area contributed by atoms with Crippen molar-refractivity contribution in [2.75, 3.05) is 13.1 Å². The zero-order chi connectivity index (χ0) is 13.5. The molecule has 0 unspecified atom stereocenters. The average molecular weight is 271 g/mol. The topological polar surface area (TPSA) is 29.9 Å². The fourth-order valence-corrected chi connectivity index (χ4v) is 3.37. The second-order valence-corrected chi connectivity index (χ2v) is 5.75. The molecule has 0 saturated carbocycles. The van der Waals surface area contributed by atoms with Crippen LogP contribution in [0, 0.1) is 5.82 Å². The summed E-state index contributed by atoms with van der Waals surface area (Å²) in [5, 5.41) is 3.39. The van der Waals surface area contributed by atoms with Crippen molar-refractivity contribution in [1.29, 1.82) is 0 Å². The fourth-order valence-electron chi connectivity index (χ4n) is 3.37. The summed E-state index contributed by atoms with van der Waals surface area (Å²) >= 11 is 0. The van der Waals surface area contributed by atoms with E-state index < -0.39 is 0 Å². The molecule has 1 aromatic carbocycles. The molecule has 0 radical (unpaired) electrons. The van der Waals surface area contributed by atoms with Crippen molar-refractivity contribution in [2.24, 2.45) is 0 Å². The van der Waals surface area contributed by atoms with Gasteiger partial charge in [-0.1, -0.05) is 0 Å². The fraction of sp³-hybridized carbons (Fsp3) is 0.438. The molecule has 0 spiro atoms. The third-order valence-corrected chi connectivity index (χ3v) is 4.47. The van der Waals surface area contributed by atoms with Gasteiger partial charge in [0.2, 0.25) is 0 Å². The Morgan fingerprint density at radius 3 is 2.90 bits per heavy atom. The molecule has 0 atom stereocenters. The number of nitrogens with zero attached hydrogens (tertiary/aromatic N) is 2. The molecule has 1 aromatic heterocycles. The van der Waals surface area contributed by atoms with Gasteiger partial charge in [0, 0.05) is 18.5 Å². The highest BCUT2D eigenvalue weighted by Gasteiger charge is 2.23. The highest BCUT2D eigenvalue weighted by Crippen LogP contribution is 2.30. The Balaban J connectivity index is 1.74. The average Bonchev–Trinajstić information content (AvgIpc) is 2.92. The summed E-state index contributed by atoms with van der Waals surface area (Å²) < 4.78 is 15.5. The van der Waals surface area contributed by atoms with E-state index in [1.807, 2.05) is 6.07 Å². The Morgan fingerprint density at radius 2 is 2.05 bits per heavy atom. The zero-order valence-electron chi connectivity index (χ0n) is 11.4. The molecule has 4 rings (SSSR count). The third kappa shape index (κ3) is 1.95. The van der Waals surface area contributed by atoms with E-state index in [9.17, 15) is 4.39 Å². The lowest BCUT2D eigenvalue weighted by Gasteiger charge is -2.20. The first-order valence-electron chi connectivity index (χ1n) is 7.39. The minimum absolute atomic E-state index is 0.147. The van der Waals surface area contributed by atoms with E-state index in [0.717, 1.165) is 55.8 Å². The highest BCUT2D eigenvalue weighted by molar-refractivity contribution is 5.45. The van der Waals surface area contributed by atoms with E-state index in [0.29, 0.717) is 5.92 Å². The first kappa shape index (κ1) is 12.1. The quantitative estimate of drug-likeness (QED) is 0.864. The number of hydrogen-bond acceptors (Lipinski definition) is 2. The standard InChI is InChI=1S/C16H18FN3/c17-13-2-3-15-12(9-13)1-4-16-19-14(10-20(15)16)11-5-7-18-8-6-11/h2-3,9-11,18H,1,4-8H2. The van der Waals surface area contributed by atoms with Crippen LogP contribution in [0.25, 0.3) is 5.69 Å². The monoisotopic (exact) mass is 271 g/mol. The first-order chi connectivity index (χ1) is 9.81. The minimum Gasteiger partial charge on any atom is -0.317 e. The molecule has 0 amide bonds. The molecule has 2 aromatic rings. The molecule has 1 saturated heterocycles. The van der Waals surface area contributed by atoms with Crippen LogP contribution in [0.4, 0.5) is 4.39 Å². The number of hydrogen-bond donors (Lipinski definition) is 1. The molecule has 20 heavy (non-hydrogen) atoms. The Hall–Kier alpha value is -1.68. The third-order valence-electron chi connectivity index (χ3n) is 4.47. The second kappa shape index (κ2) is 4.70. The van der Waals surface area contributed by atoms with Crippen LogP contribution in [0.15, 0.2) is 24.4 Å². The van der Waals surface area contributed by atoms with Gasteiger partial charge >= 0.3 is 0 Å². The van der Waals surface area contributed by atoms with Crippen LogP contribution in [0.3, 0.4) is 0 Å². The van der Waals surface area contributed by atoms with Crippen molar-refractivity contribution in [2.45, 2.75) is 31.6 Å². The number of aryl methyl sites for hydroxylation is 2. The number of nitrogens with one attached hydrogen (secondary N) is 1. The van der Waals surface area contributed by atoms with E-state index in [4.69, 9.17) is 4.98 Å². The van der Waals surface area contributed by atoms with Crippen LogP contribution in [0.1, 0.15) is 35.8 Å². The first-order valence-corrected chi connectivity index (χ1v) is 7.39. The van der Waals surface area contributed by atoms with Gasteiger partial charge in [-0.25, -0.2) is 9.37 Å². The van der Waals surface area contributed by atoms with Gasteiger partial charge in [-0.3, -0.25) is 0 Å². The molecule has 0 bridgehead atoms. The number of imidazole rings is 1. The van der Waals surface area contributed by atoms with Crippen molar-refractivity contribution in [1.82, 2.24) is 14.9 Å². The van der Waals surface area contributed by atoms with Crippen molar-refractivity contribution in [3.63, 3.8) is 0 Å². The molecule has 1 fully saturated rings. The summed E-state index contributed by atoms with van der Waals surface area (Å²) in [6, 6.07) is 5.07. The number of piperidine rings is 1. The Bertz CT molecular complexity index is 641. The number of rotatable bonds is 1. The van der Waals surface area contributed by atoms with E-state index >= 15 is 0 Å². The zero-order valence-corrected chi connectivity index (χ0v) is 11.4. The van der Waals surface area contributed by atoms with Gasteiger partial charge in [0.05, 0.1) is 11.4 Å². The van der Waals surface area contributed by atoms with Crippen molar-refractivity contribution >= 4 is 0 Å². The van der Waals surface area contributed by atoms with E-state index in [1.54, 1.807) is 6.07 Å². The maximum atomic E-state index is 13.3. The van der Waals surface area contributed by atoms with Crippen molar-refractivity contribution in [3.05, 3.63) is 47.3 Å². The SMILES string of the molecule is Fc1ccc2c(c1)CCc1nc(C3CCNCC3)cn1-2. The number of benzene rings is 1. The summed E-state index contributed by atoms with van der Waals surface area (Å²) in [5.41, 5.74) is 3.39. The van der Waals surface area contributed by atoms with Crippen LogP contribution in [-0.4, -0.2) is 22.6 Å². The van der Waals surface area contributed by atoms with E-state index in [-0.39, 0.29) is 5.82 Å². The molecule has 2 aliphatic rings. The van der Waals surface area contributed by atoms with Crippen LogP contribution >= 0.6 is 0 Å². The van der Waals surface area contributed by atoms with Gasteiger partial charge < -0.3 is 9.88 Å². The predicted molar refractivity (Wildman–Crippen MR) is 75.8 cm³/mol.